The zero-order valence-corrected chi connectivity index (χ0v) is 13.3. The summed E-state index contributed by atoms with van der Waals surface area (Å²) in [6, 6.07) is 7.52. The Labute approximate surface area is 126 Å². The summed E-state index contributed by atoms with van der Waals surface area (Å²) >= 11 is 3.49. The summed E-state index contributed by atoms with van der Waals surface area (Å²) in [7, 11) is 0. The normalized spacial score (nSPS) is 10.4. The first kappa shape index (κ1) is 14.7. The number of hydrogen-bond acceptors (Lipinski definition) is 3. The number of nitrogens with one attached hydrogen (secondary N) is 1. The van der Waals surface area contributed by atoms with Crippen molar-refractivity contribution < 1.29 is 4.79 Å². The first-order valence-electron chi connectivity index (χ1n) is 6.42. The molecule has 1 aromatic carbocycles. The molecule has 104 valence electrons. The van der Waals surface area contributed by atoms with Gasteiger partial charge in [-0.2, -0.15) is 10.2 Å². The van der Waals surface area contributed by atoms with Crippen LogP contribution in [0, 0.1) is 13.8 Å². The van der Waals surface area contributed by atoms with Gasteiger partial charge in [-0.1, -0.05) is 19.1 Å². The topological polar surface area (TPSA) is 54.9 Å². The lowest BCUT2D eigenvalue weighted by Gasteiger charge is -2.11. The van der Waals surface area contributed by atoms with Crippen LogP contribution in [0.4, 0.5) is 5.69 Å². The fourth-order valence-electron chi connectivity index (χ4n) is 1.91. The molecule has 0 radical (unpaired) electrons. The summed E-state index contributed by atoms with van der Waals surface area (Å²) in [5, 5.41) is 11.0. The van der Waals surface area contributed by atoms with Gasteiger partial charge in [0.25, 0.3) is 5.91 Å². The van der Waals surface area contributed by atoms with E-state index in [9.17, 15) is 4.79 Å². The van der Waals surface area contributed by atoms with E-state index in [1.165, 1.54) is 0 Å². The van der Waals surface area contributed by atoms with Crippen molar-refractivity contribution in [1.82, 2.24) is 10.2 Å². The van der Waals surface area contributed by atoms with Crippen LogP contribution in [0.25, 0.3) is 0 Å². The minimum Gasteiger partial charge on any atom is -0.321 e. The Morgan fingerprint density at radius 1 is 1.30 bits per heavy atom. The van der Waals surface area contributed by atoms with Crippen LogP contribution in [0.5, 0.6) is 0 Å². The minimum atomic E-state index is -0.161. The maximum absolute atomic E-state index is 12.4. The number of nitrogens with zero attached hydrogens (tertiary/aromatic N) is 2. The standard InChI is InChI=1S/C15H16BrN3O/c1-4-12-11(8-10(3)18-19-12)15(20)17-13-7-5-6-9(2)14(13)16/h5-8H,4H2,1-3H3,(H,17,20). The number of halogens is 1. The molecule has 0 saturated heterocycles. The molecule has 4 nitrogen and oxygen atoms in total. The lowest BCUT2D eigenvalue weighted by molar-refractivity contribution is 0.102. The molecule has 0 aliphatic heterocycles. The van der Waals surface area contributed by atoms with Crippen LogP contribution in [0.15, 0.2) is 28.7 Å². The highest BCUT2D eigenvalue weighted by Crippen LogP contribution is 2.26. The van der Waals surface area contributed by atoms with Crippen molar-refractivity contribution in [2.45, 2.75) is 27.2 Å². The van der Waals surface area contributed by atoms with E-state index in [4.69, 9.17) is 0 Å². The van der Waals surface area contributed by atoms with E-state index in [0.29, 0.717) is 17.7 Å². The molecule has 0 aliphatic rings. The monoisotopic (exact) mass is 333 g/mol. The molecule has 2 aromatic rings. The molecular formula is C15H16BrN3O. The van der Waals surface area contributed by atoms with Crippen LogP contribution in [0.1, 0.15) is 34.2 Å². The molecular weight excluding hydrogens is 318 g/mol. The van der Waals surface area contributed by atoms with Crippen molar-refractivity contribution in [1.29, 1.82) is 0 Å². The van der Waals surface area contributed by atoms with E-state index in [1.54, 1.807) is 6.07 Å². The maximum atomic E-state index is 12.4. The molecule has 0 unspecified atom stereocenters. The molecule has 5 heteroatoms. The number of anilines is 1. The zero-order valence-electron chi connectivity index (χ0n) is 11.7. The highest BCUT2D eigenvalue weighted by molar-refractivity contribution is 9.10. The molecule has 1 N–H and O–H groups in total. The Morgan fingerprint density at radius 3 is 2.75 bits per heavy atom. The number of benzene rings is 1. The van der Waals surface area contributed by atoms with Gasteiger partial charge in [0.1, 0.15) is 0 Å². The summed E-state index contributed by atoms with van der Waals surface area (Å²) in [6.07, 6.45) is 0.672. The number of amides is 1. The first-order valence-corrected chi connectivity index (χ1v) is 7.22. The van der Waals surface area contributed by atoms with Crippen molar-refractivity contribution in [3.8, 4) is 0 Å². The Morgan fingerprint density at radius 2 is 2.05 bits per heavy atom. The summed E-state index contributed by atoms with van der Waals surface area (Å²) in [5.74, 6) is -0.161. The van der Waals surface area contributed by atoms with Gasteiger partial charge in [0.15, 0.2) is 0 Å². The molecule has 2 rings (SSSR count). The van der Waals surface area contributed by atoms with Crippen LogP contribution in [-0.4, -0.2) is 16.1 Å². The van der Waals surface area contributed by atoms with E-state index in [1.807, 2.05) is 39.0 Å². The van der Waals surface area contributed by atoms with Crippen LogP contribution in [-0.2, 0) is 6.42 Å². The van der Waals surface area contributed by atoms with E-state index in [-0.39, 0.29) is 5.91 Å². The van der Waals surface area contributed by atoms with Crippen LogP contribution in [0.3, 0.4) is 0 Å². The van der Waals surface area contributed by atoms with Crippen LogP contribution >= 0.6 is 15.9 Å². The molecule has 1 heterocycles. The lowest BCUT2D eigenvalue weighted by atomic mass is 10.1. The third-order valence-corrected chi connectivity index (χ3v) is 4.06. The van der Waals surface area contributed by atoms with Crippen molar-refractivity contribution in [3.05, 3.63) is 51.3 Å². The predicted molar refractivity (Wildman–Crippen MR) is 83.0 cm³/mol. The maximum Gasteiger partial charge on any atom is 0.257 e. The summed E-state index contributed by atoms with van der Waals surface area (Å²) in [6.45, 7) is 5.76. The second-order valence-corrected chi connectivity index (χ2v) is 5.38. The molecule has 0 aliphatic carbocycles. The van der Waals surface area contributed by atoms with Gasteiger partial charge in [0.05, 0.1) is 22.6 Å². The van der Waals surface area contributed by atoms with Gasteiger partial charge in [0, 0.05) is 4.47 Å². The quantitative estimate of drug-likeness (QED) is 0.932. The largest absolute Gasteiger partial charge is 0.321 e. The van der Waals surface area contributed by atoms with Crippen LogP contribution < -0.4 is 5.32 Å². The predicted octanol–water partition coefficient (Wildman–Crippen LogP) is 3.67. The average Bonchev–Trinajstić information content (AvgIpc) is 2.43. The lowest BCUT2D eigenvalue weighted by Crippen LogP contribution is -2.16. The Kier molecular flexibility index (Phi) is 4.49. The van der Waals surface area contributed by atoms with Gasteiger partial charge in [-0.3, -0.25) is 4.79 Å². The van der Waals surface area contributed by atoms with E-state index < -0.39 is 0 Å². The molecule has 1 aromatic heterocycles. The van der Waals surface area contributed by atoms with E-state index >= 15 is 0 Å². The third kappa shape index (κ3) is 3.04. The third-order valence-electron chi connectivity index (χ3n) is 3.01. The number of rotatable bonds is 3. The van der Waals surface area contributed by atoms with Crippen LogP contribution in [0.2, 0.25) is 0 Å². The fraction of sp³-hybridized carbons (Fsp3) is 0.267. The van der Waals surface area contributed by atoms with E-state index in [2.05, 4.69) is 31.4 Å². The van der Waals surface area contributed by atoms with E-state index in [0.717, 1.165) is 21.4 Å². The van der Waals surface area contributed by atoms with Crippen molar-refractivity contribution >= 4 is 27.5 Å². The van der Waals surface area contributed by atoms with Gasteiger partial charge in [-0.15, -0.1) is 0 Å². The zero-order chi connectivity index (χ0) is 14.7. The molecule has 0 bridgehead atoms. The van der Waals surface area contributed by atoms with Gasteiger partial charge in [-0.05, 0) is 53.9 Å². The first-order chi connectivity index (χ1) is 9.52. The second-order valence-electron chi connectivity index (χ2n) is 4.59. The Balaban J connectivity index is 2.33. The highest BCUT2D eigenvalue weighted by atomic mass is 79.9. The fourth-order valence-corrected chi connectivity index (χ4v) is 2.27. The molecule has 0 fully saturated rings. The van der Waals surface area contributed by atoms with Gasteiger partial charge < -0.3 is 5.32 Å². The minimum absolute atomic E-state index is 0.161. The van der Waals surface area contributed by atoms with Crippen molar-refractivity contribution in [3.63, 3.8) is 0 Å². The summed E-state index contributed by atoms with van der Waals surface area (Å²) < 4.78 is 0.894. The van der Waals surface area contributed by atoms with Gasteiger partial charge in [-0.25, -0.2) is 0 Å². The molecule has 0 atom stereocenters. The number of hydrogen-bond donors (Lipinski definition) is 1. The number of aromatic nitrogens is 2. The van der Waals surface area contributed by atoms with Crippen molar-refractivity contribution in [2.75, 3.05) is 5.32 Å². The highest BCUT2D eigenvalue weighted by Gasteiger charge is 2.14. The van der Waals surface area contributed by atoms with Gasteiger partial charge in [0.2, 0.25) is 0 Å². The number of aryl methyl sites for hydroxylation is 3. The Bertz CT molecular complexity index is 656. The Hall–Kier alpha value is -1.75. The molecule has 20 heavy (non-hydrogen) atoms. The summed E-state index contributed by atoms with van der Waals surface area (Å²) in [4.78, 5) is 12.4. The number of carbonyl (C=O) groups excluding carboxylic acids is 1. The smallest absolute Gasteiger partial charge is 0.257 e. The summed E-state index contributed by atoms with van der Waals surface area (Å²) in [5.41, 5.74) is 3.84. The second kappa shape index (κ2) is 6.13. The SMILES string of the molecule is CCc1nnc(C)cc1C(=O)Nc1cccc(C)c1Br. The molecule has 0 saturated carbocycles. The average molecular weight is 334 g/mol. The van der Waals surface area contributed by atoms with Gasteiger partial charge >= 0.3 is 0 Å². The molecule has 1 amide bonds. The number of carbonyl (C=O) groups is 1. The van der Waals surface area contributed by atoms with Crippen molar-refractivity contribution in [2.24, 2.45) is 0 Å². The molecule has 0 spiro atoms.